The molecule has 0 saturated carbocycles. The van der Waals surface area contributed by atoms with E-state index in [4.69, 9.17) is 4.98 Å². The van der Waals surface area contributed by atoms with Gasteiger partial charge in [0, 0.05) is 24.5 Å². The van der Waals surface area contributed by atoms with Crippen molar-refractivity contribution in [3.63, 3.8) is 0 Å². The molecule has 0 aliphatic heterocycles. The molecule has 108 valence electrons. The molecule has 1 heterocycles. The van der Waals surface area contributed by atoms with Gasteiger partial charge in [0.2, 0.25) is 0 Å². The fourth-order valence-corrected chi connectivity index (χ4v) is 3.75. The molecule has 0 radical (unpaired) electrons. The van der Waals surface area contributed by atoms with Crippen LogP contribution in [0.5, 0.6) is 0 Å². The van der Waals surface area contributed by atoms with Gasteiger partial charge in [0.1, 0.15) is 5.01 Å². The van der Waals surface area contributed by atoms with Crippen molar-refractivity contribution in [2.24, 2.45) is 5.92 Å². The number of hydrogen-bond acceptors (Lipinski definition) is 5. The topological polar surface area (TPSA) is 48.4 Å². The second kappa shape index (κ2) is 6.79. The molecule has 19 heavy (non-hydrogen) atoms. The molecule has 2 atom stereocenters. The molecule has 5 heteroatoms. The van der Waals surface area contributed by atoms with Crippen molar-refractivity contribution in [1.82, 2.24) is 15.2 Å². The second-order valence-corrected chi connectivity index (χ2v) is 7.04. The fraction of sp³-hybridized carbons (Fsp3) is 0.786. The van der Waals surface area contributed by atoms with Crippen molar-refractivity contribution in [2.75, 3.05) is 27.2 Å². The summed E-state index contributed by atoms with van der Waals surface area (Å²) in [5.41, 5.74) is 1.31. The van der Waals surface area contributed by atoms with E-state index in [0.717, 1.165) is 23.9 Å². The monoisotopic (exact) mass is 283 g/mol. The van der Waals surface area contributed by atoms with E-state index in [-0.39, 0.29) is 6.10 Å². The lowest BCUT2D eigenvalue weighted by Crippen LogP contribution is -2.34. The van der Waals surface area contributed by atoms with E-state index >= 15 is 0 Å². The van der Waals surface area contributed by atoms with Crippen molar-refractivity contribution < 1.29 is 5.11 Å². The van der Waals surface area contributed by atoms with Gasteiger partial charge < -0.3 is 15.3 Å². The minimum atomic E-state index is -0.315. The maximum atomic E-state index is 9.77. The Kier molecular flexibility index (Phi) is 5.33. The van der Waals surface area contributed by atoms with Crippen LogP contribution in [0.4, 0.5) is 0 Å². The largest absolute Gasteiger partial charge is 0.390 e. The van der Waals surface area contributed by atoms with Gasteiger partial charge in [0.15, 0.2) is 0 Å². The molecular formula is C14H25N3OS. The summed E-state index contributed by atoms with van der Waals surface area (Å²) in [6, 6.07) is 0. The van der Waals surface area contributed by atoms with Crippen LogP contribution in [0.15, 0.2) is 0 Å². The van der Waals surface area contributed by atoms with Crippen LogP contribution < -0.4 is 5.32 Å². The SMILES string of the molecule is CC1CCc2nc(CNCC(O)CN(C)C)sc2C1. The van der Waals surface area contributed by atoms with Crippen LogP contribution in [0.1, 0.15) is 28.9 Å². The number of aliphatic hydroxyl groups excluding tert-OH is 1. The lowest BCUT2D eigenvalue weighted by atomic mass is 9.93. The second-order valence-electron chi connectivity index (χ2n) is 5.87. The highest BCUT2D eigenvalue weighted by molar-refractivity contribution is 7.11. The molecular weight excluding hydrogens is 258 g/mol. The van der Waals surface area contributed by atoms with Crippen LogP contribution in [0.3, 0.4) is 0 Å². The molecule has 0 bridgehead atoms. The van der Waals surface area contributed by atoms with Crippen LogP contribution in [0.25, 0.3) is 0 Å². The Labute approximate surface area is 119 Å². The number of aliphatic hydroxyl groups is 1. The van der Waals surface area contributed by atoms with Crippen LogP contribution in [-0.2, 0) is 19.4 Å². The van der Waals surface area contributed by atoms with Crippen molar-refractivity contribution in [3.05, 3.63) is 15.6 Å². The summed E-state index contributed by atoms with van der Waals surface area (Å²) in [6.45, 7) is 4.41. The van der Waals surface area contributed by atoms with E-state index in [9.17, 15) is 5.11 Å². The molecule has 1 aliphatic carbocycles. The zero-order valence-electron chi connectivity index (χ0n) is 12.1. The average Bonchev–Trinajstić information content (AvgIpc) is 2.69. The predicted octanol–water partition coefficient (Wildman–Crippen LogP) is 1.28. The Bertz CT molecular complexity index is 405. The Morgan fingerprint density at radius 2 is 2.32 bits per heavy atom. The summed E-state index contributed by atoms with van der Waals surface area (Å²) in [6.07, 6.45) is 3.28. The first kappa shape index (κ1) is 14.9. The molecule has 1 aromatic heterocycles. The molecule has 0 fully saturated rings. The van der Waals surface area contributed by atoms with Crippen LogP contribution in [0, 0.1) is 5.92 Å². The summed E-state index contributed by atoms with van der Waals surface area (Å²) >= 11 is 1.84. The van der Waals surface area contributed by atoms with Gasteiger partial charge in [-0.2, -0.15) is 0 Å². The van der Waals surface area contributed by atoms with Crippen LogP contribution in [-0.4, -0.2) is 48.3 Å². The highest BCUT2D eigenvalue weighted by Gasteiger charge is 2.19. The number of fused-ring (bicyclic) bond motifs is 1. The van der Waals surface area contributed by atoms with Crippen LogP contribution in [0.2, 0.25) is 0 Å². The number of aryl methyl sites for hydroxylation is 1. The first-order chi connectivity index (χ1) is 9.04. The molecule has 0 amide bonds. The first-order valence-corrected chi connectivity index (χ1v) is 7.87. The maximum Gasteiger partial charge on any atom is 0.107 e. The third-order valence-corrected chi connectivity index (χ3v) is 4.58. The highest BCUT2D eigenvalue weighted by atomic mass is 32.1. The first-order valence-electron chi connectivity index (χ1n) is 7.05. The quantitative estimate of drug-likeness (QED) is 0.826. The Hall–Kier alpha value is -0.490. The van der Waals surface area contributed by atoms with Gasteiger partial charge in [-0.15, -0.1) is 11.3 Å². The normalized spacial score (nSPS) is 20.6. The smallest absolute Gasteiger partial charge is 0.107 e. The van der Waals surface area contributed by atoms with E-state index in [2.05, 4.69) is 12.2 Å². The number of nitrogens with one attached hydrogen (secondary N) is 1. The van der Waals surface area contributed by atoms with E-state index in [1.165, 1.54) is 23.4 Å². The van der Waals surface area contributed by atoms with Gasteiger partial charge in [-0.05, 0) is 39.3 Å². The molecule has 2 N–H and O–H groups in total. The van der Waals surface area contributed by atoms with Gasteiger partial charge in [0.05, 0.1) is 11.8 Å². The standard InChI is InChI=1S/C14H25N3OS/c1-10-4-5-12-13(6-10)19-14(16-12)8-15-7-11(18)9-17(2)3/h10-11,15,18H,4-9H2,1-3H3. The molecule has 2 unspecified atom stereocenters. The fourth-order valence-electron chi connectivity index (χ4n) is 2.50. The van der Waals surface area contributed by atoms with Gasteiger partial charge in [-0.1, -0.05) is 6.92 Å². The van der Waals surface area contributed by atoms with E-state index < -0.39 is 0 Å². The summed E-state index contributed by atoms with van der Waals surface area (Å²) in [4.78, 5) is 8.18. The average molecular weight is 283 g/mol. The molecule has 1 aliphatic rings. The van der Waals surface area contributed by atoms with Crippen molar-refractivity contribution in [3.8, 4) is 0 Å². The number of thiazole rings is 1. The number of rotatable bonds is 6. The van der Waals surface area contributed by atoms with Crippen LogP contribution >= 0.6 is 11.3 Å². The number of aromatic nitrogens is 1. The minimum absolute atomic E-state index is 0.315. The summed E-state index contributed by atoms with van der Waals surface area (Å²) in [7, 11) is 3.94. The predicted molar refractivity (Wildman–Crippen MR) is 79.6 cm³/mol. The molecule has 0 saturated heterocycles. The lowest BCUT2D eigenvalue weighted by molar-refractivity contribution is 0.134. The highest BCUT2D eigenvalue weighted by Crippen LogP contribution is 2.29. The molecule has 1 aromatic rings. The van der Waals surface area contributed by atoms with Crippen molar-refractivity contribution >= 4 is 11.3 Å². The minimum Gasteiger partial charge on any atom is -0.390 e. The zero-order valence-corrected chi connectivity index (χ0v) is 13.0. The Morgan fingerprint density at radius 1 is 1.53 bits per heavy atom. The third kappa shape index (κ3) is 4.53. The van der Waals surface area contributed by atoms with E-state index in [1.54, 1.807) is 0 Å². The van der Waals surface area contributed by atoms with Gasteiger partial charge in [-0.3, -0.25) is 0 Å². The van der Waals surface area contributed by atoms with Gasteiger partial charge in [0.25, 0.3) is 0 Å². The molecule has 2 rings (SSSR count). The maximum absolute atomic E-state index is 9.77. The van der Waals surface area contributed by atoms with Gasteiger partial charge in [-0.25, -0.2) is 4.98 Å². The Balaban J connectivity index is 1.78. The summed E-state index contributed by atoms with van der Waals surface area (Å²) in [5, 5.41) is 14.2. The van der Waals surface area contributed by atoms with E-state index in [0.29, 0.717) is 13.1 Å². The molecule has 0 spiro atoms. The molecule has 4 nitrogen and oxygen atoms in total. The number of likely N-dealkylation sites (N-methyl/N-ethyl adjacent to an activating group) is 1. The lowest BCUT2D eigenvalue weighted by Gasteiger charge is -2.15. The Morgan fingerprint density at radius 3 is 3.05 bits per heavy atom. The van der Waals surface area contributed by atoms with Crippen molar-refractivity contribution in [1.29, 1.82) is 0 Å². The summed E-state index contributed by atoms with van der Waals surface area (Å²) < 4.78 is 0. The van der Waals surface area contributed by atoms with Crippen molar-refractivity contribution in [2.45, 2.75) is 38.8 Å². The molecule has 0 aromatic carbocycles. The third-order valence-electron chi connectivity index (χ3n) is 3.46. The van der Waals surface area contributed by atoms with Gasteiger partial charge >= 0.3 is 0 Å². The number of hydrogen-bond donors (Lipinski definition) is 2. The zero-order chi connectivity index (χ0) is 13.8. The van der Waals surface area contributed by atoms with E-state index in [1.807, 2.05) is 30.3 Å². The summed E-state index contributed by atoms with van der Waals surface area (Å²) in [5.74, 6) is 0.802. The number of nitrogens with zero attached hydrogens (tertiary/aromatic N) is 2.